The Morgan fingerprint density at radius 2 is 2.17 bits per heavy atom. The van der Waals surface area contributed by atoms with E-state index >= 15 is 0 Å². The summed E-state index contributed by atoms with van der Waals surface area (Å²) in [5, 5.41) is 13.1. The van der Waals surface area contributed by atoms with E-state index in [4.69, 9.17) is 21.4 Å². The highest BCUT2D eigenvalue weighted by Crippen LogP contribution is 2.24. The molecule has 0 fully saturated rings. The van der Waals surface area contributed by atoms with Crippen LogP contribution in [0.15, 0.2) is 39.9 Å². The van der Waals surface area contributed by atoms with Gasteiger partial charge in [-0.15, -0.1) is 0 Å². The van der Waals surface area contributed by atoms with Gasteiger partial charge in [0.2, 0.25) is 10.0 Å². The highest BCUT2D eigenvalue weighted by Gasteiger charge is 2.21. The van der Waals surface area contributed by atoms with Crippen LogP contribution in [0.3, 0.4) is 0 Å². The normalized spacial score (nSPS) is 13.2. The highest BCUT2D eigenvalue weighted by molar-refractivity contribution is 7.89. The number of benzene rings is 1. The number of aliphatic hydroxyl groups is 1. The number of hydrogen-bond donors (Lipinski definition) is 2. The van der Waals surface area contributed by atoms with Crippen LogP contribution in [0.5, 0.6) is 0 Å². The van der Waals surface area contributed by atoms with Crippen LogP contribution >= 0.6 is 22.9 Å². The Balaban J connectivity index is 2.14. The minimum atomic E-state index is -3.70. The average Bonchev–Trinajstić information content (AvgIpc) is 3.04. The molecule has 23 heavy (non-hydrogen) atoms. The summed E-state index contributed by atoms with van der Waals surface area (Å²) in [6, 6.07) is 6.63. The van der Waals surface area contributed by atoms with Crippen molar-refractivity contribution in [2.75, 3.05) is 19.8 Å². The molecule has 2 N–H and O–H groups in total. The fourth-order valence-corrected chi connectivity index (χ4v) is 4.30. The second-order valence-electron chi connectivity index (χ2n) is 4.85. The first-order chi connectivity index (χ1) is 11.0. The summed E-state index contributed by atoms with van der Waals surface area (Å²) in [4.78, 5) is 0.149. The topological polar surface area (TPSA) is 75.6 Å². The SMILES string of the molecule is Cc1c(Cl)cccc1S(=O)(=O)NCC(OCCO)c1ccsc1. The van der Waals surface area contributed by atoms with E-state index < -0.39 is 16.1 Å². The van der Waals surface area contributed by atoms with Crippen molar-refractivity contribution in [3.8, 4) is 0 Å². The van der Waals surface area contributed by atoms with Crippen LogP contribution in [-0.4, -0.2) is 33.3 Å². The van der Waals surface area contributed by atoms with Crippen LogP contribution in [0.2, 0.25) is 5.02 Å². The van der Waals surface area contributed by atoms with E-state index in [0.717, 1.165) is 5.56 Å². The van der Waals surface area contributed by atoms with Crippen LogP contribution in [0.4, 0.5) is 0 Å². The molecule has 0 saturated heterocycles. The predicted octanol–water partition coefficient (Wildman–Crippen LogP) is 2.74. The second kappa shape index (κ2) is 8.23. The standard InChI is InChI=1S/C15H18ClNO4S2/c1-11-13(16)3-2-4-15(11)23(19,20)17-9-14(21-7-6-18)12-5-8-22-10-12/h2-5,8,10,14,17-18H,6-7,9H2,1H3. The van der Waals surface area contributed by atoms with Crippen molar-refractivity contribution in [1.29, 1.82) is 0 Å². The Labute approximate surface area is 144 Å². The summed E-state index contributed by atoms with van der Waals surface area (Å²) in [6.45, 7) is 1.75. The number of hydrogen-bond acceptors (Lipinski definition) is 5. The number of aliphatic hydroxyl groups excluding tert-OH is 1. The smallest absolute Gasteiger partial charge is 0.240 e. The Morgan fingerprint density at radius 1 is 1.39 bits per heavy atom. The summed E-state index contributed by atoms with van der Waals surface area (Å²) in [5.74, 6) is 0. The molecular formula is C15H18ClNO4S2. The van der Waals surface area contributed by atoms with E-state index in [2.05, 4.69) is 4.72 Å². The zero-order chi connectivity index (χ0) is 16.9. The molecule has 0 saturated carbocycles. The third-order valence-electron chi connectivity index (χ3n) is 3.29. The molecule has 1 heterocycles. The zero-order valence-corrected chi connectivity index (χ0v) is 14.9. The molecule has 126 valence electrons. The maximum Gasteiger partial charge on any atom is 0.240 e. The molecule has 1 aromatic carbocycles. The molecule has 1 atom stereocenters. The first kappa shape index (κ1) is 18.4. The number of ether oxygens (including phenoxy) is 1. The average molecular weight is 376 g/mol. The van der Waals surface area contributed by atoms with Gasteiger partial charge in [0.05, 0.1) is 24.2 Å². The molecular weight excluding hydrogens is 358 g/mol. The number of thiophene rings is 1. The first-order valence-electron chi connectivity index (χ1n) is 6.95. The minimum absolute atomic E-state index is 0.0744. The van der Waals surface area contributed by atoms with Crippen molar-refractivity contribution >= 4 is 33.0 Å². The molecule has 2 rings (SSSR count). The molecule has 0 aliphatic rings. The fraction of sp³-hybridized carbons (Fsp3) is 0.333. The molecule has 0 aliphatic carbocycles. The third kappa shape index (κ3) is 4.76. The van der Waals surface area contributed by atoms with Crippen LogP contribution in [-0.2, 0) is 14.8 Å². The van der Waals surface area contributed by atoms with Gasteiger partial charge in [0.25, 0.3) is 0 Å². The van der Waals surface area contributed by atoms with Crippen molar-refractivity contribution < 1.29 is 18.3 Å². The predicted molar refractivity (Wildman–Crippen MR) is 91.5 cm³/mol. The Kier molecular flexibility index (Phi) is 6.58. The van der Waals surface area contributed by atoms with Gasteiger partial charge < -0.3 is 9.84 Å². The van der Waals surface area contributed by atoms with Crippen molar-refractivity contribution in [2.24, 2.45) is 0 Å². The lowest BCUT2D eigenvalue weighted by Crippen LogP contribution is -2.30. The summed E-state index contributed by atoms with van der Waals surface area (Å²) in [6.07, 6.45) is -0.456. The largest absolute Gasteiger partial charge is 0.394 e. The third-order valence-corrected chi connectivity index (χ3v) is 5.97. The van der Waals surface area contributed by atoms with Crippen molar-refractivity contribution in [3.63, 3.8) is 0 Å². The maximum atomic E-state index is 12.5. The van der Waals surface area contributed by atoms with Gasteiger partial charge in [-0.25, -0.2) is 13.1 Å². The van der Waals surface area contributed by atoms with E-state index in [9.17, 15) is 8.42 Å². The van der Waals surface area contributed by atoms with Crippen LogP contribution < -0.4 is 4.72 Å². The quantitative estimate of drug-likeness (QED) is 0.743. The van der Waals surface area contributed by atoms with Gasteiger partial charge in [-0.1, -0.05) is 17.7 Å². The molecule has 0 bridgehead atoms. The number of nitrogens with one attached hydrogen (secondary N) is 1. The first-order valence-corrected chi connectivity index (χ1v) is 9.75. The molecule has 1 unspecified atom stereocenters. The monoisotopic (exact) mass is 375 g/mol. The van der Waals surface area contributed by atoms with E-state index in [-0.39, 0.29) is 24.7 Å². The lowest BCUT2D eigenvalue weighted by Gasteiger charge is -2.18. The maximum absolute atomic E-state index is 12.5. The van der Waals surface area contributed by atoms with Gasteiger partial charge in [0.1, 0.15) is 0 Å². The lowest BCUT2D eigenvalue weighted by molar-refractivity contribution is 0.0311. The lowest BCUT2D eigenvalue weighted by atomic mass is 10.2. The van der Waals surface area contributed by atoms with Crippen LogP contribution in [0.1, 0.15) is 17.2 Å². The Bertz CT molecular complexity index is 732. The van der Waals surface area contributed by atoms with Crippen LogP contribution in [0.25, 0.3) is 0 Å². The Morgan fingerprint density at radius 3 is 2.83 bits per heavy atom. The molecule has 5 nitrogen and oxygen atoms in total. The van der Waals surface area contributed by atoms with Crippen molar-refractivity contribution in [2.45, 2.75) is 17.9 Å². The van der Waals surface area contributed by atoms with Gasteiger partial charge >= 0.3 is 0 Å². The number of sulfonamides is 1. The Hall–Kier alpha value is -0.960. The summed E-state index contributed by atoms with van der Waals surface area (Å²) in [7, 11) is -3.70. The van der Waals surface area contributed by atoms with Gasteiger partial charge in [-0.05, 0) is 47.0 Å². The molecule has 8 heteroatoms. The number of rotatable bonds is 8. The summed E-state index contributed by atoms with van der Waals surface area (Å²) < 4.78 is 33.0. The fourth-order valence-electron chi connectivity index (χ4n) is 2.07. The van der Waals surface area contributed by atoms with Gasteiger partial charge in [-0.2, -0.15) is 11.3 Å². The summed E-state index contributed by atoms with van der Waals surface area (Å²) in [5.41, 5.74) is 1.37. The van der Waals surface area contributed by atoms with Crippen molar-refractivity contribution in [1.82, 2.24) is 4.72 Å². The van der Waals surface area contributed by atoms with Crippen LogP contribution in [0, 0.1) is 6.92 Å². The summed E-state index contributed by atoms with van der Waals surface area (Å²) >= 11 is 7.49. The van der Waals surface area contributed by atoms with E-state index in [1.165, 1.54) is 17.4 Å². The minimum Gasteiger partial charge on any atom is -0.394 e. The molecule has 1 aromatic heterocycles. The van der Waals surface area contributed by atoms with E-state index in [1.54, 1.807) is 19.1 Å². The number of halogens is 1. The molecule has 2 aromatic rings. The molecule has 0 spiro atoms. The van der Waals surface area contributed by atoms with Crippen molar-refractivity contribution in [3.05, 3.63) is 51.2 Å². The molecule has 0 radical (unpaired) electrons. The second-order valence-corrected chi connectivity index (χ2v) is 7.78. The van der Waals surface area contributed by atoms with E-state index in [0.29, 0.717) is 10.6 Å². The van der Waals surface area contributed by atoms with Gasteiger partial charge in [0.15, 0.2) is 0 Å². The molecule has 0 aliphatic heterocycles. The highest BCUT2D eigenvalue weighted by atomic mass is 35.5. The zero-order valence-electron chi connectivity index (χ0n) is 12.5. The molecule has 0 amide bonds. The van der Waals surface area contributed by atoms with Gasteiger partial charge in [-0.3, -0.25) is 0 Å². The van der Waals surface area contributed by atoms with Gasteiger partial charge in [0, 0.05) is 11.6 Å². The van der Waals surface area contributed by atoms with E-state index in [1.807, 2.05) is 16.8 Å².